The quantitative estimate of drug-likeness (QED) is 0.517. The predicted octanol–water partition coefficient (Wildman–Crippen LogP) is 5.87. The van der Waals surface area contributed by atoms with Crippen LogP contribution in [0.4, 0.5) is 11.4 Å². The maximum Gasteiger partial charge on any atom is 0.266 e. The highest BCUT2D eigenvalue weighted by molar-refractivity contribution is 6.10. The number of anilines is 2. The van der Waals surface area contributed by atoms with Crippen molar-refractivity contribution >= 4 is 28.9 Å². The Hall–Kier alpha value is -3.32. The first-order valence-corrected chi connectivity index (χ1v) is 10.3. The number of allylic oxidation sites excluding steroid dienone is 1. The zero-order valence-electron chi connectivity index (χ0n) is 18.6. The molecule has 0 bridgehead atoms. The van der Waals surface area contributed by atoms with Crippen molar-refractivity contribution in [1.29, 1.82) is 5.26 Å². The van der Waals surface area contributed by atoms with Gasteiger partial charge in [-0.1, -0.05) is 29.8 Å². The van der Waals surface area contributed by atoms with E-state index in [0.717, 1.165) is 34.5 Å². The zero-order chi connectivity index (χ0) is 22.1. The summed E-state index contributed by atoms with van der Waals surface area (Å²) in [6.45, 7) is 13.5. The minimum absolute atomic E-state index is 0.0488. The number of rotatable bonds is 4. The van der Waals surface area contributed by atoms with Crippen LogP contribution in [0.3, 0.4) is 0 Å². The van der Waals surface area contributed by atoms with Crippen LogP contribution in [0.25, 0.3) is 11.6 Å². The summed E-state index contributed by atoms with van der Waals surface area (Å²) < 4.78 is 0. The highest BCUT2D eigenvalue weighted by Gasteiger charge is 2.30. The Labute approximate surface area is 179 Å². The van der Waals surface area contributed by atoms with Gasteiger partial charge >= 0.3 is 0 Å². The van der Waals surface area contributed by atoms with Crippen molar-refractivity contribution in [1.82, 2.24) is 0 Å². The van der Waals surface area contributed by atoms with E-state index in [0.29, 0.717) is 0 Å². The van der Waals surface area contributed by atoms with Gasteiger partial charge < -0.3 is 10.2 Å². The number of fused-ring (bicyclic) bond motifs is 1. The van der Waals surface area contributed by atoms with E-state index in [4.69, 9.17) is 0 Å². The van der Waals surface area contributed by atoms with Crippen molar-refractivity contribution in [3.8, 4) is 6.07 Å². The topological polar surface area (TPSA) is 56.1 Å². The van der Waals surface area contributed by atoms with Gasteiger partial charge in [0.2, 0.25) is 0 Å². The van der Waals surface area contributed by atoms with Crippen LogP contribution in [0, 0.1) is 25.2 Å². The van der Waals surface area contributed by atoms with Gasteiger partial charge in [0, 0.05) is 23.5 Å². The molecular weight excluding hydrogens is 370 g/mol. The molecule has 4 nitrogen and oxygen atoms in total. The van der Waals surface area contributed by atoms with Crippen LogP contribution in [0.2, 0.25) is 0 Å². The van der Waals surface area contributed by atoms with Gasteiger partial charge in [0.05, 0.1) is 5.54 Å². The SMILES string of the molecule is CCN1c2ccc(/C=C(/C#N)C(=O)Nc3ccc(C)cc3C)cc2C(C)=CC1(C)C. The van der Waals surface area contributed by atoms with Crippen LogP contribution in [0.1, 0.15) is 49.9 Å². The summed E-state index contributed by atoms with van der Waals surface area (Å²) in [7, 11) is 0. The van der Waals surface area contributed by atoms with Crippen LogP contribution >= 0.6 is 0 Å². The first-order valence-electron chi connectivity index (χ1n) is 10.3. The Morgan fingerprint density at radius 3 is 2.53 bits per heavy atom. The third kappa shape index (κ3) is 4.16. The van der Waals surface area contributed by atoms with E-state index in [1.54, 1.807) is 6.08 Å². The molecule has 0 saturated carbocycles. The number of likely N-dealkylation sites (N-methyl/N-ethyl adjacent to an activating group) is 1. The summed E-state index contributed by atoms with van der Waals surface area (Å²) in [6, 6.07) is 14.0. The average Bonchev–Trinajstić information content (AvgIpc) is 2.68. The summed E-state index contributed by atoms with van der Waals surface area (Å²) in [5, 5.41) is 12.4. The van der Waals surface area contributed by atoms with E-state index in [9.17, 15) is 10.1 Å². The second-order valence-electron chi connectivity index (χ2n) is 8.44. The smallest absolute Gasteiger partial charge is 0.266 e. The van der Waals surface area contributed by atoms with Crippen LogP contribution in [0.15, 0.2) is 48.0 Å². The standard InChI is InChI=1S/C26H29N3O/c1-7-29-24-11-9-20(14-22(24)19(4)15-26(29,5)6)13-21(16-27)25(30)28-23-10-8-17(2)12-18(23)3/h8-15H,7H2,1-6H3,(H,28,30)/b21-13-. The molecule has 0 unspecified atom stereocenters. The maximum atomic E-state index is 12.7. The second-order valence-corrected chi connectivity index (χ2v) is 8.44. The molecule has 1 N–H and O–H groups in total. The highest BCUT2D eigenvalue weighted by atomic mass is 16.1. The number of aryl methyl sites for hydroxylation is 2. The molecule has 30 heavy (non-hydrogen) atoms. The molecule has 2 aromatic rings. The summed E-state index contributed by atoms with van der Waals surface area (Å²) in [5.74, 6) is -0.397. The molecule has 4 heteroatoms. The number of nitrogens with zero attached hydrogens (tertiary/aromatic N) is 2. The summed E-state index contributed by atoms with van der Waals surface area (Å²) in [6.07, 6.45) is 3.92. The molecule has 1 aliphatic rings. The minimum Gasteiger partial charge on any atom is -0.363 e. The molecule has 0 aliphatic carbocycles. The second kappa shape index (κ2) is 8.20. The van der Waals surface area contributed by atoms with Crippen LogP contribution in [0.5, 0.6) is 0 Å². The van der Waals surface area contributed by atoms with Gasteiger partial charge in [-0.2, -0.15) is 5.26 Å². The number of nitrogens with one attached hydrogen (secondary N) is 1. The molecule has 0 saturated heterocycles. The van der Waals surface area contributed by atoms with E-state index in [1.807, 2.05) is 44.2 Å². The molecule has 1 heterocycles. The number of carbonyl (C=O) groups excluding carboxylic acids is 1. The van der Waals surface area contributed by atoms with E-state index in [1.165, 1.54) is 11.3 Å². The third-order valence-electron chi connectivity index (χ3n) is 5.62. The predicted molar refractivity (Wildman–Crippen MR) is 125 cm³/mol. The monoisotopic (exact) mass is 399 g/mol. The number of nitriles is 1. The first-order chi connectivity index (χ1) is 14.2. The summed E-state index contributed by atoms with van der Waals surface area (Å²) in [4.78, 5) is 15.1. The fraction of sp³-hybridized carbons (Fsp3) is 0.308. The van der Waals surface area contributed by atoms with E-state index in [2.05, 4.69) is 56.1 Å². The number of benzene rings is 2. The molecule has 0 aromatic heterocycles. The summed E-state index contributed by atoms with van der Waals surface area (Å²) in [5.41, 5.74) is 7.21. The number of hydrogen-bond acceptors (Lipinski definition) is 3. The lowest BCUT2D eigenvalue weighted by molar-refractivity contribution is -0.112. The Balaban J connectivity index is 1.93. The summed E-state index contributed by atoms with van der Waals surface area (Å²) >= 11 is 0. The molecule has 0 radical (unpaired) electrons. The van der Waals surface area contributed by atoms with Gasteiger partial charge in [0.25, 0.3) is 5.91 Å². The fourth-order valence-electron chi connectivity index (χ4n) is 4.23. The molecule has 0 atom stereocenters. The van der Waals surface area contributed by atoms with Crippen LogP contribution in [-0.4, -0.2) is 18.0 Å². The van der Waals surface area contributed by atoms with Gasteiger partial charge in [-0.3, -0.25) is 4.79 Å². The van der Waals surface area contributed by atoms with Crippen molar-refractivity contribution in [3.05, 3.63) is 70.3 Å². The lowest BCUT2D eigenvalue weighted by atomic mass is 9.88. The Morgan fingerprint density at radius 2 is 1.90 bits per heavy atom. The highest BCUT2D eigenvalue weighted by Crippen LogP contribution is 2.39. The first kappa shape index (κ1) is 21.4. The molecule has 0 fully saturated rings. The molecule has 3 rings (SSSR count). The molecular formula is C26H29N3O. The zero-order valence-corrected chi connectivity index (χ0v) is 18.6. The molecule has 2 aromatic carbocycles. The fourth-order valence-corrected chi connectivity index (χ4v) is 4.23. The molecule has 0 spiro atoms. The minimum atomic E-state index is -0.397. The van der Waals surface area contributed by atoms with Gasteiger partial charge in [0.15, 0.2) is 0 Å². The van der Waals surface area contributed by atoms with E-state index in [-0.39, 0.29) is 11.1 Å². The van der Waals surface area contributed by atoms with Crippen molar-refractivity contribution in [2.24, 2.45) is 0 Å². The lowest BCUT2D eigenvalue weighted by Gasteiger charge is -2.42. The van der Waals surface area contributed by atoms with Crippen LogP contribution in [-0.2, 0) is 4.79 Å². The Morgan fingerprint density at radius 1 is 1.17 bits per heavy atom. The van der Waals surface area contributed by atoms with Gasteiger partial charge in [-0.05, 0) is 82.5 Å². The number of amides is 1. The Bertz CT molecular complexity index is 1100. The van der Waals surface area contributed by atoms with Crippen molar-refractivity contribution in [2.45, 2.75) is 47.1 Å². The van der Waals surface area contributed by atoms with Gasteiger partial charge in [-0.15, -0.1) is 0 Å². The van der Waals surface area contributed by atoms with Crippen molar-refractivity contribution in [3.63, 3.8) is 0 Å². The normalized spacial score (nSPS) is 15.2. The van der Waals surface area contributed by atoms with Crippen molar-refractivity contribution in [2.75, 3.05) is 16.8 Å². The van der Waals surface area contributed by atoms with Gasteiger partial charge in [-0.25, -0.2) is 0 Å². The molecule has 1 amide bonds. The van der Waals surface area contributed by atoms with Crippen LogP contribution < -0.4 is 10.2 Å². The average molecular weight is 400 g/mol. The van der Waals surface area contributed by atoms with Gasteiger partial charge in [0.1, 0.15) is 11.6 Å². The number of carbonyl (C=O) groups is 1. The van der Waals surface area contributed by atoms with E-state index >= 15 is 0 Å². The van der Waals surface area contributed by atoms with E-state index < -0.39 is 5.91 Å². The Kier molecular flexibility index (Phi) is 5.85. The maximum absolute atomic E-state index is 12.7. The number of hydrogen-bond donors (Lipinski definition) is 1. The third-order valence-corrected chi connectivity index (χ3v) is 5.62. The largest absolute Gasteiger partial charge is 0.363 e. The van der Waals surface area contributed by atoms with Crippen molar-refractivity contribution < 1.29 is 4.79 Å². The lowest BCUT2D eigenvalue weighted by Crippen LogP contribution is -2.44. The molecule has 1 aliphatic heterocycles. The molecule has 154 valence electrons.